The van der Waals surface area contributed by atoms with E-state index in [0.717, 1.165) is 11.1 Å². The van der Waals surface area contributed by atoms with Crippen LogP contribution in [0.2, 0.25) is 0 Å². The largest absolute Gasteiger partial charge is 0.496 e. The molecule has 21 heavy (non-hydrogen) atoms. The Hall–Kier alpha value is -2.56. The van der Waals surface area contributed by atoms with E-state index in [1.165, 1.54) is 19.2 Å². The SMILES string of the molecule is CON=Cc1ccc(-c2cc(F)ccc2OC)c(OC)c1. The average Bonchev–Trinajstić information content (AvgIpc) is 2.52. The van der Waals surface area contributed by atoms with E-state index in [4.69, 9.17) is 9.47 Å². The monoisotopic (exact) mass is 289 g/mol. The highest BCUT2D eigenvalue weighted by Crippen LogP contribution is 2.37. The van der Waals surface area contributed by atoms with Crippen molar-refractivity contribution < 1.29 is 18.7 Å². The first-order chi connectivity index (χ1) is 10.2. The number of hydrogen-bond acceptors (Lipinski definition) is 4. The molecule has 0 aliphatic heterocycles. The third-order valence-corrected chi connectivity index (χ3v) is 2.98. The molecule has 0 radical (unpaired) electrons. The van der Waals surface area contributed by atoms with Gasteiger partial charge in [0.1, 0.15) is 24.4 Å². The van der Waals surface area contributed by atoms with Crippen molar-refractivity contribution in [1.82, 2.24) is 0 Å². The fourth-order valence-electron chi connectivity index (χ4n) is 2.01. The number of oxime groups is 1. The second-order valence-corrected chi connectivity index (χ2v) is 4.22. The number of hydrogen-bond donors (Lipinski definition) is 0. The molecule has 0 aliphatic rings. The van der Waals surface area contributed by atoms with Crippen molar-refractivity contribution in [3.05, 3.63) is 47.8 Å². The van der Waals surface area contributed by atoms with Crippen LogP contribution in [0, 0.1) is 5.82 Å². The highest BCUT2D eigenvalue weighted by molar-refractivity contribution is 5.84. The molecule has 0 saturated heterocycles. The van der Waals surface area contributed by atoms with Crippen LogP contribution in [0.5, 0.6) is 11.5 Å². The number of methoxy groups -OCH3 is 2. The van der Waals surface area contributed by atoms with Crippen molar-refractivity contribution in [1.29, 1.82) is 0 Å². The summed E-state index contributed by atoms with van der Waals surface area (Å²) in [5, 5.41) is 3.70. The summed E-state index contributed by atoms with van der Waals surface area (Å²) >= 11 is 0. The normalized spacial score (nSPS) is 10.7. The van der Waals surface area contributed by atoms with Crippen molar-refractivity contribution in [3.63, 3.8) is 0 Å². The molecule has 2 aromatic rings. The predicted octanol–water partition coefficient (Wildman–Crippen LogP) is 3.49. The standard InChI is InChI=1S/C16H16FNO3/c1-19-15-7-5-12(17)9-14(15)13-6-4-11(10-18-21-3)8-16(13)20-2/h4-10H,1-3H3. The molecule has 0 N–H and O–H groups in total. The fraction of sp³-hybridized carbons (Fsp3) is 0.188. The number of halogens is 1. The molecule has 4 nitrogen and oxygen atoms in total. The number of nitrogens with zero attached hydrogens (tertiary/aromatic N) is 1. The summed E-state index contributed by atoms with van der Waals surface area (Å²) in [6.07, 6.45) is 1.56. The molecule has 2 aromatic carbocycles. The molecule has 0 spiro atoms. The van der Waals surface area contributed by atoms with Gasteiger partial charge in [-0.3, -0.25) is 0 Å². The lowest BCUT2D eigenvalue weighted by atomic mass is 10.0. The summed E-state index contributed by atoms with van der Waals surface area (Å²) in [4.78, 5) is 4.65. The van der Waals surface area contributed by atoms with Crippen LogP contribution in [0.4, 0.5) is 4.39 Å². The van der Waals surface area contributed by atoms with Crippen molar-refractivity contribution in [2.45, 2.75) is 0 Å². The van der Waals surface area contributed by atoms with Crippen LogP contribution in [0.25, 0.3) is 11.1 Å². The molecule has 0 bridgehead atoms. The fourth-order valence-corrected chi connectivity index (χ4v) is 2.01. The lowest BCUT2D eigenvalue weighted by Crippen LogP contribution is -1.94. The third-order valence-electron chi connectivity index (χ3n) is 2.98. The Morgan fingerprint density at radius 3 is 2.33 bits per heavy atom. The molecule has 5 heteroatoms. The van der Waals surface area contributed by atoms with Crippen LogP contribution in [-0.2, 0) is 4.84 Å². The highest BCUT2D eigenvalue weighted by atomic mass is 19.1. The molecule has 0 heterocycles. The third kappa shape index (κ3) is 3.31. The van der Waals surface area contributed by atoms with Crippen LogP contribution >= 0.6 is 0 Å². The molecule has 2 rings (SSSR count). The zero-order valence-electron chi connectivity index (χ0n) is 12.1. The molecule has 0 atom stereocenters. The van der Waals surface area contributed by atoms with Gasteiger partial charge in [0.05, 0.1) is 20.4 Å². The first kappa shape index (κ1) is 14.8. The van der Waals surface area contributed by atoms with E-state index in [9.17, 15) is 4.39 Å². The minimum absolute atomic E-state index is 0.335. The van der Waals surface area contributed by atoms with E-state index < -0.39 is 0 Å². The molecule has 0 unspecified atom stereocenters. The van der Waals surface area contributed by atoms with Gasteiger partial charge in [-0.25, -0.2) is 4.39 Å². The Kier molecular flexibility index (Phi) is 4.77. The van der Waals surface area contributed by atoms with Gasteiger partial charge in [0, 0.05) is 11.1 Å². The summed E-state index contributed by atoms with van der Waals surface area (Å²) in [5.74, 6) is 0.838. The van der Waals surface area contributed by atoms with Gasteiger partial charge < -0.3 is 14.3 Å². The maximum Gasteiger partial charge on any atom is 0.127 e. The summed E-state index contributed by atoms with van der Waals surface area (Å²) in [6, 6.07) is 9.82. The van der Waals surface area contributed by atoms with Gasteiger partial charge in [-0.2, -0.15) is 0 Å². The molecular weight excluding hydrogens is 273 g/mol. The number of rotatable bonds is 5. The van der Waals surface area contributed by atoms with Gasteiger partial charge in [0.2, 0.25) is 0 Å². The van der Waals surface area contributed by atoms with E-state index in [-0.39, 0.29) is 5.82 Å². The zero-order chi connectivity index (χ0) is 15.2. The van der Waals surface area contributed by atoms with E-state index >= 15 is 0 Å². The predicted molar refractivity (Wildman–Crippen MR) is 79.5 cm³/mol. The minimum Gasteiger partial charge on any atom is -0.496 e. The van der Waals surface area contributed by atoms with Gasteiger partial charge in [0.25, 0.3) is 0 Å². The van der Waals surface area contributed by atoms with Gasteiger partial charge in [-0.05, 0) is 35.9 Å². The lowest BCUT2D eigenvalue weighted by molar-refractivity contribution is 0.215. The summed E-state index contributed by atoms with van der Waals surface area (Å²) in [5.41, 5.74) is 2.18. The van der Waals surface area contributed by atoms with Crippen LogP contribution in [-0.4, -0.2) is 27.5 Å². The van der Waals surface area contributed by atoms with Crippen molar-refractivity contribution in [3.8, 4) is 22.6 Å². The van der Waals surface area contributed by atoms with Gasteiger partial charge in [-0.1, -0.05) is 11.2 Å². The van der Waals surface area contributed by atoms with Gasteiger partial charge >= 0.3 is 0 Å². The topological polar surface area (TPSA) is 40.0 Å². The Morgan fingerprint density at radius 1 is 0.905 bits per heavy atom. The zero-order valence-corrected chi connectivity index (χ0v) is 12.1. The van der Waals surface area contributed by atoms with E-state index in [1.807, 2.05) is 12.1 Å². The summed E-state index contributed by atoms with van der Waals surface area (Å²) < 4.78 is 24.2. The smallest absolute Gasteiger partial charge is 0.127 e. The van der Waals surface area contributed by atoms with Crippen molar-refractivity contribution in [2.24, 2.45) is 5.16 Å². The molecule has 110 valence electrons. The van der Waals surface area contributed by atoms with E-state index in [0.29, 0.717) is 17.1 Å². The van der Waals surface area contributed by atoms with Gasteiger partial charge in [0.15, 0.2) is 0 Å². The molecule has 0 aromatic heterocycles. The number of ether oxygens (including phenoxy) is 2. The van der Waals surface area contributed by atoms with Crippen LogP contribution in [0.1, 0.15) is 5.56 Å². The Bertz CT molecular complexity index is 656. The maximum absolute atomic E-state index is 13.5. The Morgan fingerprint density at radius 2 is 1.67 bits per heavy atom. The second kappa shape index (κ2) is 6.74. The lowest BCUT2D eigenvalue weighted by Gasteiger charge is -2.13. The first-order valence-electron chi connectivity index (χ1n) is 6.28. The minimum atomic E-state index is -0.335. The Balaban J connectivity index is 2.53. The summed E-state index contributed by atoms with van der Waals surface area (Å²) in [7, 11) is 4.57. The van der Waals surface area contributed by atoms with Crippen LogP contribution in [0.15, 0.2) is 41.6 Å². The van der Waals surface area contributed by atoms with E-state index in [2.05, 4.69) is 9.99 Å². The first-order valence-corrected chi connectivity index (χ1v) is 6.28. The average molecular weight is 289 g/mol. The number of benzene rings is 2. The Labute approximate surface area is 122 Å². The summed E-state index contributed by atoms with van der Waals surface area (Å²) in [6.45, 7) is 0. The molecule has 0 aliphatic carbocycles. The second-order valence-electron chi connectivity index (χ2n) is 4.22. The molecule has 0 amide bonds. The molecule has 0 fully saturated rings. The molecular formula is C16H16FNO3. The van der Waals surface area contributed by atoms with E-state index in [1.54, 1.807) is 32.6 Å². The van der Waals surface area contributed by atoms with Crippen LogP contribution < -0.4 is 9.47 Å². The maximum atomic E-state index is 13.5. The van der Waals surface area contributed by atoms with Gasteiger partial charge in [-0.15, -0.1) is 0 Å². The quantitative estimate of drug-likeness (QED) is 0.625. The van der Waals surface area contributed by atoms with Crippen molar-refractivity contribution in [2.75, 3.05) is 21.3 Å². The van der Waals surface area contributed by atoms with Crippen molar-refractivity contribution >= 4 is 6.21 Å². The highest BCUT2D eigenvalue weighted by Gasteiger charge is 2.12. The molecule has 0 saturated carbocycles. The van der Waals surface area contributed by atoms with Crippen LogP contribution in [0.3, 0.4) is 0 Å².